The van der Waals surface area contributed by atoms with Gasteiger partial charge in [0.15, 0.2) is 5.60 Å². The van der Waals surface area contributed by atoms with Crippen LogP contribution in [0.3, 0.4) is 0 Å². The Labute approximate surface area is 65.7 Å². The Hall–Kier alpha value is -0.570. The lowest BCUT2D eigenvalue weighted by Crippen LogP contribution is -2.26. The number of esters is 1. The molecule has 1 saturated carbocycles. The van der Waals surface area contributed by atoms with Crippen molar-refractivity contribution in [3.05, 3.63) is 0 Å². The number of epoxide rings is 1. The number of hydrogen-bond acceptors (Lipinski definition) is 3. The summed E-state index contributed by atoms with van der Waals surface area (Å²) >= 11 is 0. The number of methoxy groups -OCH3 is 1. The van der Waals surface area contributed by atoms with Crippen molar-refractivity contribution < 1.29 is 14.3 Å². The molecule has 0 bridgehead atoms. The minimum atomic E-state index is -0.518. The minimum absolute atomic E-state index is 0.190. The van der Waals surface area contributed by atoms with Gasteiger partial charge in [-0.15, -0.1) is 0 Å². The first-order valence-electron chi connectivity index (χ1n) is 3.99. The van der Waals surface area contributed by atoms with Crippen LogP contribution >= 0.6 is 0 Å². The second-order valence-corrected chi connectivity index (χ2v) is 3.42. The molecule has 0 spiro atoms. The molecule has 1 aliphatic carbocycles. The highest BCUT2D eigenvalue weighted by molar-refractivity contribution is 5.82. The number of rotatable bonds is 3. The van der Waals surface area contributed by atoms with Crippen molar-refractivity contribution in [2.75, 3.05) is 13.7 Å². The monoisotopic (exact) mass is 156 g/mol. The molecule has 1 saturated heterocycles. The lowest BCUT2D eigenvalue weighted by Gasteiger charge is -2.06. The Morgan fingerprint density at radius 1 is 1.73 bits per heavy atom. The maximum atomic E-state index is 11.1. The molecule has 1 aliphatic heterocycles. The quantitative estimate of drug-likeness (QED) is 0.446. The van der Waals surface area contributed by atoms with Crippen LogP contribution in [-0.2, 0) is 14.3 Å². The van der Waals surface area contributed by atoms with Crippen LogP contribution in [0.15, 0.2) is 0 Å². The van der Waals surface area contributed by atoms with Crippen LogP contribution in [0.2, 0.25) is 0 Å². The molecule has 3 nitrogen and oxygen atoms in total. The van der Waals surface area contributed by atoms with Gasteiger partial charge >= 0.3 is 5.97 Å². The van der Waals surface area contributed by atoms with Gasteiger partial charge < -0.3 is 9.47 Å². The van der Waals surface area contributed by atoms with E-state index < -0.39 is 5.60 Å². The zero-order valence-electron chi connectivity index (χ0n) is 6.63. The van der Waals surface area contributed by atoms with Gasteiger partial charge in [-0.25, -0.2) is 4.79 Å². The lowest BCUT2D eigenvalue weighted by molar-refractivity contribution is -0.147. The van der Waals surface area contributed by atoms with Gasteiger partial charge in [-0.3, -0.25) is 0 Å². The molecule has 62 valence electrons. The Morgan fingerprint density at radius 2 is 2.36 bits per heavy atom. The smallest absolute Gasteiger partial charge is 0.340 e. The predicted molar refractivity (Wildman–Crippen MR) is 38.0 cm³/mol. The maximum Gasteiger partial charge on any atom is 0.340 e. The first kappa shape index (κ1) is 7.10. The molecular weight excluding hydrogens is 144 g/mol. The van der Waals surface area contributed by atoms with E-state index in [2.05, 4.69) is 4.74 Å². The van der Waals surface area contributed by atoms with Crippen molar-refractivity contribution in [3.63, 3.8) is 0 Å². The summed E-state index contributed by atoms with van der Waals surface area (Å²) in [6, 6.07) is 0. The Morgan fingerprint density at radius 3 is 2.73 bits per heavy atom. The summed E-state index contributed by atoms with van der Waals surface area (Å²) in [6.07, 6.45) is 3.38. The Kier molecular flexibility index (Phi) is 1.42. The summed E-state index contributed by atoms with van der Waals surface area (Å²) in [7, 11) is 1.42. The van der Waals surface area contributed by atoms with Gasteiger partial charge in [0, 0.05) is 0 Å². The maximum absolute atomic E-state index is 11.1. The molecular formula is C8H12O3. The van der Waals surface area contributed by atoms with Gasteiger partial charge in [0.25, 0.3) is 0 Å². The third-order valence-corrected chi connectivity index (χ3v) is 2.37. The fourth-order valence-electron chi connectivity index (χ4n) is 1.38. The number of hydrogen-bond donors (Lipinski definition) is 0. The van der Waals surface area contributed by atoms with Crippen molar-refractivity contribution in [1.29, 1.82) is 0 Å². The standard InChI is InChI=1S/C8H12O3/c1-10-7(9)8(5-11-8)4-6-2-3-6/h6H,2-5H2,1H3. The third kappa shape index (κ3) is 1.25. The fraction of sp³-hybridized carbons (Fsp3) is 0.875. The summed E-state index contributed by atoms with van der Waals surface area (Å²) in [5, 5.41) is 0. The van der Waals surface area contributed by atoms with E-state index in [9.17, 15) is 4.79 Å². The van der Waals surface area contributed by atoms with E-state index in [1.165, 1.54) is 20.0 Å². The Balaban J connectivity index is 1.91. The molecule has 1 unspecified atom stereocenters. The molecule has 0 aromatic heterocycles. The van der Waals surface area contributed by atoms with E-state index in [-0.39, 0.29) is 5.97 Å². The summed E-state index contributed by atoms with van der Waals surface area (Å²) in [5.41, 5.74) is -0.518. The average Bonchev–Trinajstić information content (AvgIpc) is 2.85. The van der Waals surface area contributed by atoms with Gasteiger partial charge in [-0.2, -0.15) is 0 Å². The number of carbonyl (C=O) groups excluding carboxylic acids is 1. The third-order valence-electron chi connectivity index (χ3n) is 2.37. The van der Waals surface area contributed by atoms with Crippen LogP contribution in [0.4, 0.5) is 0 Å². The summed E-state index contributed by atoms with van der Waals surface area (Å²) < 4.78 is 9.77. The lowest BCUT2D eigenvalue weighted by atomic mass is 10.0. The fourth-order valence-corrected chi connectivity index (χ4v) is 1.38. The van der Waals surface area contributed by atoms with Crippen LogP contribution in [0, 0.1) is 5.92 Å². The molecule has 2 rings (SSSR count). The van der Waals surface area contributed by atoms with E-state index >= 15 is 0 Å². The zero-order chi connectivity index (χ0) is 7.90. The van der Waals surface area contributed by atoms with E-state index in [1.54, 1.807) is 0 Å². The van der Waals surface area contributed by atoms with E-state index in [4.69, 9.17) is 4.74 Å². The van der Waals surface area contributed by atoms with Crippen molar-refractivity contribution in [2.45, 2.75) is 24.9 Å². The topological polar surface area (TPSA) is 38.8 Å². The van der Waals surface area contributed by atoms with Gasteiger partial charge in [0.05, 0.1) is 13.7 Å². The molecule has 0 amide bonds. The first-order valence-corrected chi connectivity index (χ1v) is 3.99. The zero-order valence-corrected chi connectivity index (χ0v) is 6.63. The second-order valence-electron chi connectivity index (χ2n) is 3.42. The first-order chi connectivity index (χ1) is 5.27. The molecule has 11 heavy (non-hydrogen) atoms. The Bertz CT molecular complexity index is 180. The summed E-state index contributed by atoms with van der Waals surface area (Å²) in [5.74, 6) is 0.529. The van der Waals surface area contributed by atoms with Crippen LogP contribution in [0.1, 0.15) is 19.3 Å². The number of carbonyl (C=O) groups is 1. The largest absolute Gasteiger partial charge is 0.467 e. The summed E-state index contributed by atoms with van der Waals surface area (Å²) in [4.78, 5) is 11.1. The van der Waals surface area contributed by atoms with E-state index in [0.717, 1.165) is 12.3 Å². The van der Waals surface area contributed by atoms with Gasteiger partial charge in [-0.1, -0.05) is 12.8 Å². The molecule has 0 aromatic rings. The number of ether oxygens (including phenoxy) is 2. The average molecular weight is 156 g/mol. The molecule has 0 N–H and O–H groups in total. The molecule has 0 radical (unpaired) electrons. The molecule has 2 aliphatic rings. The van der Waals surface area contributed by atoms with Gasteiger partial charge in [-0.05, 0) is 12.3 Å². The molecule has 1 atom stereocenters. The van der Waals surface area contributed by atoms with Crippen LogP contribution in [0.5, 0.6) is 0 Å². The van der Waals surface area contributed by atoms with Crippen molar-refractivity contribution in [3.8, 4) is 0 Å². The molecule has 0 aromatic carbocycles. The van der Waals surface area contributed by atoms with Crippen molar-refractivity contribution in [1.82, 2.24) is 0 Å². The SMILES string of the molecule is COC(=O)C1(CC2CC2)CO1. The van der Waals surface area contributed by atoms with Crippen LogP contribution in [0.25, 0.3) is 0 Å². The van der Waals surface area contributed by atoms with Crippen molar-refractivity contribution >= 4 is 5.97 Å². The summed E-state index contributed by atoms with van der Waals surface area (Å²) in [6.45, 7) is 0.566. The van der Waals surface area contributed by atoms with E-state index in [1.807, 2.05) is 0 Å². The molecule has 1 heterocycles. The van der Waals surface area contributed by atoms with Crippen LogP contribution < -0.4 is 0 Å². The minimum Gasteiger partial charge on any atom is -0.467 e. The second kappa shape index (κ2) is 2.21. The van der Waals surface area contributed by atoms with Gasteiger partial charge in [0.2, 0.25) is 0 Å². The highest BCUT2D eigenvalue weighted by atomic mass is 16.6. The highest BCUT2D eigenvalue weighted by Crippen LogP contribution is 2.44. The normalized spacial score (nSPS) is 35.0. The predicted octanol–water partition coefficient (Wildman–Crippen LogP) is 0.728. The highest BCUT2D eigenvalue weighted by Gasteiger charge is 2.55. The van der Waals surface area contributed by atoms with Crippen molar-refractivity contribution in [2.24, 2.45) is 5.92 Å². The van der Waals surface area contributed by atoms with Crippen LogP contribution in [-0.4, -0.2) is 25.3 Å². The molecule has 2 fully saturated rings. The van der Waals surface area contributed by atoms with Gasteiger partial charge in [0.1, 0.15) is 0 Å². The van der Waals surface area contributed by atoms with E-state index in [0.29, 0.717) is 6.61 Å². The molecule has 3 heteroatoms.